The SMILES string of the molecule is Cc1cc(-n2nc(C)c(Br)c2C)c2cc(N)ccc2n1. The maximum atomic E-state index is 5.92. The van der Waals surface area contributed by atoms with Crippen molar-refractivity contribution in [3.05, 3.63) is 45.8 Å². The highest BCUT2D eigenvalue weighted by Crippen LogP contribution is 2.28. The third-order valence-corrected chi connectivity index (χ3v) is 4.52. The maximum Gasteiger partial charge on any atom is 0.0762 e. The van der Waals surface area contributed by atoms with Crippen LogP contribution >= 0.6 is 15.9 Å². The number of fused-ring (bicyclic) bond motifs is 1. The summed E-state index contributed by atoms with van der Waals surface area (Å²) in [7, 11) is 0. The second-order valence-electron chi connectivity index (χ2n) is 4.96. The Morgan fingerprint density at radius 2 is 1.90 bits per heavy atom. The van der Waals surface area contributed by atoms with E-state index in [1.807, 2.05) is 49.7 Å². The minimum atomic E-state index is 0.727. The van der Waals surface area contributed by atoms with Gasteiger partial charge < -0.3 is 5.73 Å². The van der Waals surface area contributed by atoms with E-state index in [2.05, 4.69) is 26.0 Å². The summed E-state index contributed by atoms with van der Waals surface area (Å²) >= 11 is 3.57. The van der Waals surface area contributed by atoms with Gasteiger partial charge in [0.25, 0.3) is 0 Å². The largest absolute Gasteiger partial charge is 0.399 e. The summed E-state index contributed by atoms with van der Waals surface area (Å²) in [6, 6.07) is 7.80. The summed E-state index contributed by atoms with van der Waals surface area (Å²) in [4.78, 5) is 4.55. The van der Waals surface area contributed by atoms with Gasteiger partial charge in [0.2, 0.25) is 0 Å². The molecule has 2 aromatic heterocycles. The average Bonchev–Trinajstić information content (AvgIpc) is 2.66. The van der Waals surface area contributed by atoms with Gasteiger partial charge in [0.1, 0.15) is 0 Å². The summed E-state index contributed by atoms with van der Waals surface area (Å²) in [5.74, 6) is 0. The number of nitrogens with zero attached hydrogens (tertiary/aromatic N) is 3. The third-order valence-electron chi connectivity index (χ3n) is 3.37. The molecule has 102 valence electrons. The Labute approximate surface area is 125 Å². The monoisotopic (exact) mass is 330 g/mol. The van der Waals surface area contributed by atoms with E-state index in [4.69, 9.17) is 5.73 Å². The van der Waals surface area contributed by atoms with Crippen LogP contribution in [0.1, 0.15) is 17.1 Å². The first-order valence-electron chi connectivity index (χ1n) is 6.36. The van der Waals surface area contributed by atoms with Crippen molar-refractivity contribution in [2.24, 2.45) is 0 Å². The Morgan fingerprint density at radius 1 is 1.15 bits per heavy atom. The van der Waals surface area contributed by atoms with Crippen LogP contribution in [-0.2, 0) is 0 Å². The maximum absolute atomic E-state index is 5.92. The fourth-order valence-electron chi connectivity index (χ4n) is 2.39. The highest BCUT2D eigenvalue weighted by molar-refractivity contribution is 9.10. The minimum Gasteiger partial charge on any atom is -0.399 e. The summed E-state index contributed by atoms with van der Waals surface area (Å²) in [6.07, 6.45) is 0. The summed E-state index contributed by atoms with van der Waals surface area (Å²) in [5, 5.41) is 5.61. The lowest BCUT2D eigenvalue weighted by atomic mass is 10.1. The average molecular weight is 331 g/mol. The highest BCUT2D eigenvalue weighted by atomic mass is 79.9. The Kier molecular flexibility index (Phi) is 3.01. The van der Waals surface area contributed by atoms with Crippen LogP contribution in [-0.4, -0.2) is 14.8 Å². The molecule has 4 nitrogen and oxygen atoms in total. The van der Waals surface area contributed by atoms with Gasteiger partial charge in [0, 0.05) is 16.8 Å². The summed E-state index contributed by atoms with van der Waals surface area (Å²) in [5.41, 5.74) is 11.6. The number of rotatable bonds is 1. The molecule has 0 atom stereocenters. The molecule has 3 aromatic rings. The van der Waals surface area contributed by atoms with Crippen LogP contribution in [0.25, 0.3) is 16.6 Å². The van der Waals surface area contributed by atoms with Crippen LogP contribution in [0.2, 0.25) is 0 Å². The van der Waals surface area contributed by atoms with Gasteiger partial charge in [-0.05, 0) is 61.0 Å². The number of anilines is 1. The standard InChI is InChI=1S/C15H15BrN4/c1-8-6-14(20-10(3)15(16)9(2)19-20)12-7-11(17)4-5-13(12)18-8/h4-7H,17H2,1-3H3. The van der Waals surface area contributed by atoms with E-state index in [1.165, 1.54) is 0 Å². The number of nitrogen functional groups attached to an aromatic ring is 1. The molecule has 0 radical (unpaired) electrons. The van der Waals surface area contributed by atoms with Crippen LogP contribution in [0.5, 0.6) is 0 Å². The lowest BCUT2D eigenvalue weighted by molar-refractivity contribution is 0.837. The van der Waals surface area contributed by atoms with Crippen molar-refractivity contribution in [3.8, 4) is 5.69 Å². The van der Waals surface area contributed by atoms with Crippen molar-refractivity contribution in [1.82, 2.24) is 14.8 Å². The van der Waals surface area contributed by atoms with E-state index in [0.717, 1.165) is 43.8 Å². The number of aromatic nitrogens is 3. The zero-order valence-electron chi connectivity index (χ0n) is 11.6. The Balaban J connectivity index is 2.40. The number of pyridine rings is 1. The van der Waals surface area contributed by atoms with Gasteiger partial charge in [-0.3, -0.25) is 4.98 Å². The molecule has 0 spiro atoms. The quantitative estimate of drug-likeness (QED) is 0.692. The molecule has 0 unspecified atom stereocenters. The van der Waals surface area contributed by atoms with Crippen LogP contribution in [0.3, 0.4) is 0 Å². The molecule has 2 N–H and O–H groups in total. The van der Waals surface area contributed by atoms with Gasteiger partial charge in [0.05, 0.1) is 27.1 Å². The Morgan fingerprint density at radius 3 is 2.55 bits per heavy atom. The molecular formula is C15H15BrN4. The second kappa shape index (κ2) is 4.59. The highest BCUT2D eigenvalue weighted by Gasteiger charge is 2.13. The fourth-order valence-corrected chi connectivity index (χ4v) is 2.63. The topological polar surface area (TPSA) is 56.7 Å². The van der Waals surface area contributed by atoms with E-state index in [0.29, 0.717) is 0 Å². The van der Waals surface area contributed by atoms with E-state index in [-0.39, 0.29) is 0 Å². The first-order chi connectivity index (χ1) is 9.47. The fraction of sp³-hybridized carbons (Fsp3) is 0.200. The van der Waals surface area contributed by atoms with E-state index >= 15 is 0 Å². The first-order valence-corrected chi connectivity index (χ1v) is 7.15. The summed E-state index contributed by atoms with van der Waals surface area (Å²) < 4.78 is 2.97. The lowest BCUT2D eigenvalue weighted by Gasteiger charge is -2.10. The van der Waals surface area contributed by atoms with Crippen molar-refractivity contribution >= 4 is 32.5 Å². The molecular weight excluding hydrogens is 316 g/mol. The number of hydrogen-bond donors (Lipinski definition) is 1. The molecule has 1 aromatic carbocycles. The number of aryl methyl sites for hydroxylation is 2. The first kappa shape index (κ1) is 13.1. The molecule has 0 saturated carbocycles. The van der Waals surface area contributed by atoms with Gasteiger partial charge >= 0.3 is 0 Å². The van der Waals surface area contributed by atoms with Gasteiger partial charge in [-0.15, -0.1) is 0 Å². The molecule has 0 bridgehead atoms. The number of halogens is 1. The van der Waals surface area contributed by atoms with E-state index < -0.39 is 0 Å². The van der Waals surface area contributed by atoms with Crippen molar-refractivity contribution < 1.29 is 0 Å². The van der Waals surface area contributed by atoms with Gasteiger partial charge in [-0.1, -0.05) is 0 Å². The van der Waals surface area contributed by atoms with Crippen LogP contribution < -0.4 is 5.73 Å². The Hall–Kier alpha value is -1.88. The van der Waals surface area contributed by atoms with Crippen LogP contribution in [0.15, 0.2) is 28.7 Å². The molecule has 0 amide bonds. The predicted molar refractivity (Wildman–Crippen MR) is 85.2 cm³/mol. The molecule has 20 heavy (non-hydrogen) atoms. The molecule has 0 aliphatic carbocycles. The van der Waals surface area contributed by atoms with Gasteiger partial charge in [0.15, 0.2) is 0 Å². The van der Waals surface area contributed by atoms with Crippen LogP contribution in [0.4, 0.5) is 5.69 Å². The molecule has 5 heteroatoms. The van der Waals surface area contributed by atoms with E-state index in [1.54, 1.807) is 0 Å². The molecule has 0 aliphatic heterocycles. The molecule has 3 rings (SSSR count). The molecule has 0 saturated heterocycles. The van der Waals surface area contributed by atoms with Crippen molar-refractivity contribution in [2.75, 3.05) is 5.73 Å². The third kappa shape index (κ3) is 1.98. The number of benzene rings is 1. The normalized spacial score (nSPS) is 11.2. The zero-order chi connectivity index (χ0) is 14.4. The number of nitrogens with two attached hydrogens (primary N) is 1. The second-order valence-corrected chi connectivity index (χ2v) is 5.75. The van der Waals surface area contributed by atoms with Crippen LogP contribution in [0, 0.1) is 20.8 Å². The lowest BCUT2D eigenvalue weighted by Crippen LogP contribution is -2.02. The molecule has 0 aliphatic rings. The zero-order valence-corrected chi connectivity index (χ0v) is 13.2. The molecule has 0 fully saturated rings. The van der Waals surface area contributed by atoms with Gasteiger partial charge in [-0.2, -0.15) is 5.10 Å². The smallest absolute Gasteiger partial charge is 0.0762 e. The minimum absolute atomic E-state index is 0.727. The van der Waals surface area contributed by atoms with Crippen molar-refractivity contribution in [2.45, 2.75) is 20.8 Å². The predicted octanol–water partition coefficient (Wildman–Crippen LogP) is 3.69. The number of hydrogen-bond acceptors (Lipinski definition) is 3. The van der Waals surface area contributed by atoms with Crippen molar-refractivity contribution in [1.29, 1.82) is 0 Å². The summed E-state index contributed by atoms with van der Waals surface area (Å²) in [6.45, 7) is 6.01. The molecule has 2 heterocycles. The van der Waals surface area contributed by atoms with Gasteiger partial charge in [-0.25, -0.2) is 4.68 Å². The van der Waals surface area contributed by atoms with Crippen molar-refractivity contribution in [3.63, 3.8) is 0 Å². The Bertz CT molecular complexity index is 820. The van der Waals surface area contributed by atoms with E-state index in [9.17, 15) is 0 Å².